The average Bonchev–Trinajstić information content (AvgIpc) is 2.55. The van der Waals surface area contributed by atoms with Gasteiger partial charge in [-0.1, -0.05) is 0 Å². The number of ether oxygens (including phenoxy) is 2. The van der Waals surface area contributed by atoms with Crippen LogP contribution < -0.4 is 5.82 Å². The molecule has 0 aliphatic rings. The van der Waals surface area contributed by atoms with Crippen LogP contribution in [0.1, 0.15) is 25.4 Å². The number of hydrogen-bond acceptors (Lipinski definition) is 6. The van der Waals surface area contributed by atoms with Gasteiger partial charge in [0.05, 0.1) is 12.5 Å². The quantitative estimate of drug-likeness (QED) is 0.730. The third-order valence-corrected chi connectivity index (χ3v) is 1.80. The molecule has 89 valence electrons. The second kappa shape index (κ2) is 5.39. The minimum atomic E-state index is -0.775. The standard InChI is InChI=1S/C10H13O6/c1-4-13-9(11)14-5-6(2)8-7(3)15-10(12)16-8/h4-5H2,1-3H3. The maximum Gasteiger partial charge on any atom is 0.519 e. The Labute approximate surface area is 92.1 Å². The van der Waals surface area contributed by atoms with Crippen molar-refractivity contribution in [2.24, 2.45) is 0 Å². The molecule has 0 aliphatic carbocycles. The summed E-state index contributed by atoms with van der Waals surface area (Å²) in [7, 11) is 0. The summed E-state index contributed by atoms with van der Waals surface area (Å²) < 4.78 is 18.8. The summed E-state index contributed by atoms with van der Waals surface area (Å²) >= 11 is 0. The van der Waals surface area contributed by atoms with Crippen molar-refractivity contribution in [3.8, 4) is 0 Å². The predicted molar refractivity (Wildman–Crippen MR) is 53.0 cm³/mol. The van der Waals surface area contributed by atoms with Gasteiger partial charge in [-0.25, -0.2) is 9.59 Å². The Morgan fingerprint density at radius 3 is 2.50 bits per heavy atom. The third-order valence-electron chi connectivity index (χ3n) is 1.80. The van der Waals surface area contributed by atoms with Gasteiger partial charge < -0.3 is 18.3 Å². The van der Waals surface area contributed by atoms with Gasteiger partial charge in [0, 0.05) is 0 Å². The molecule has 0 spiro atoms. The highest BCUT2D eigenvalue weighted by Crippen LogP contribution is 2.17. The minimum absolute atomic E-state index is 0.0118. The summed E-state index contributed by atoms with van der Waals surface area (Å²) in [5, 5.41) is 0. The van der Waals surface area contributed by atoms with Gasteiger partial charge in [-0.05, 0) is 20.8 Å². The molecule has 0 saturated heterocycles. The van der Waals surface area contributed by atoms with Crippen LogP contribution in [0.5, 0.6) is 0 Å². The van der Waals surface area contributed by atoms with Crippen molar-refractivity contribution in [2.45, 2.75) is 20.8 Å². The van der Waals surface area contributed by atoms with E-state index in [1.165, 1.54) is 0 Å². The molecule has 6 nitrogen and oxygen atoms in total. The molecule has 1 radical (unpaired) electrons. The number of carbonyl (C=O) groups is 1. The van der Waals surface area contributed by atoms with Gasteiger partial charge in [-0.3, -0.25) is 0 Å². The van der Waals surface area contributed by atoms with E-state index in [0.717, 1.165) is 0 Å². The lowest BCUT2D eigenvalue weighted by atomic mass is 10.1. The molecular weight excluding hydrogens is 216 g/mol. The fourth-order valence-corrected chi connectivity index (χ4v) is 1.13. The highest BCUT2D eigenvalue weighted by molar-refractivity contribution is 5.60. The van der Waals surface area contributed by atoms with Crippen LogP contribution in [0, 0.1) is 12.8 Å². The molecule has 0 amide bonds. The predicted octanol–water partition coefficient (Wildman–Crippen LogP) is 1.66. The summed E-state index contributed by atoms with van der Waals surface area (Å²) in [6, 6.07) is 0. The van der Waals surface area contributed by atoms with E-state index in [2.05, 4.69) is 9.15 Å². The maximum atomic E-state index is 10.9. The van der Waals surface area contributed by atoms with Crippen LogP contribution in [0.3, 0.4) is 0 Å². The van der Waals surface area contributed by atoms with Crippen molar-refractivity contribution in [3.63, 3.8) is 0 Å². The second-order valence-corrected chi connectivity index (χ2v) is 3.09. The summed E-state index contributed by atoms with van der Waals surface area (Å²) in [5.74, 6) is 0.462. The molecule has 0 bridgehead atoms. The van der Waals surface area contributed by atoms with Gasteiger partial charge >= 0.3 is 12.0 Å². The largest absolute Gasteiger partial charge is 0.519 e. The summed E-state index contributed by atoms with van der Waals surface area (Å²) in [4.78, 5) is 21.7. The second-order valence-electron chi connectivity index (χ2n) is 3.09. The molecule has 6 heteroatoms. The van der Waals surface area contributed by atoms with E-state index in [4.69, 9.17) is 9.15 Å². The molecule has 0 fully saturated rings. The zero-order chi connectivity index (χ0) is 12.1. The molecule has 1 rings (SSSR count). The summed E-state index contributed by atoms with van der Waals surface area (Å²) in [5.41, 5.74) is 0. The Hall–Kier alpha value is -1.72. The molecule has 1 heterocycles. The lowest BCUT2D eigenvalue weighted by Gasteiger charge is -2.08. The number of rotatable bonds is 4. The first-order valence-corrected chi connectivity index (χ1v) is 4.77. The maximum absolute atomic E-state index is 10.9. The first-order valence-electron chi connectivity index (χ1n) is 4.77. The van der Waals surface area contributed by atoms with Crippen LogP contribution in [0.15, 0.2) is 13.6 Å². The van der Waals surface area contributed by atoms with E-state index in [1.54, 1.807) is 20.8 Å². The number of carbonyl (C=O) groups excluding carboxylic acids is 1. The Morgan fingerprint density at radius 1 is 1.31 bits per heavy atom. The lowest BCUT2D eigenvalue weighted by Crippen LogP contribution is -2.13. The number of aryl methyl sites for hydroxylation is 1. The Balaban J connectivity index is 2.53. The van der Waals surface area contributed by atoms with Crippen LogP contribution >= 0.6 is 0 Å². The molecule has 1 aromatic heterocycles. The van der Waals surface area contributed by atoms with E-state index < -0.39 is 12.0 Å². The van der Waals surface area contributed by atoms with Gasteiger partial charge in [0.25, 0.3) is 0 Å². The van der Waals surface area contributed by atoms with Crippen LogP contribution in [-0.4, -0.2) is 19.4 Å². The van der Waals surface area contributed by atoms with Gasteiger partial charge in [0.15, 0.2) is 5.76 Å². The normalized spacial score (nSPS) is 10.5. The SMILES string of the molecule is CCOC(=O)OC[C](C)c1oc(=O)oc1C. The van der Waals surface area contributed by atoms with Crippen molar-refractivity contribution in [2.75, 3.05) is 13.2 Å². The molecule has 0 saturated carbocycles. The van der Waals surface area contributed by atoms with E-state index in [9.17, 15) is 9.59 Å². The highest BCUT2D eigenvalue weighted by Gasteiger charge is 2.19. The van der Waals surface area contributed by atoms with Crippen molar-refractivity contribution in [1.29, 1.82) is 0 Å². The summed E-state index contributed by atoms with van der Waals surface area (Å²) in [6.07, 6.45) is -0.759. The molecule has 0 atom stereocenters. The van der Waals surface area contributed by atoms with Crippen LogP contribution in [0.2, 0.25) is 0 Å². The molecular formula is C10H13O6. The van der Waals surface area contributed by atoms with Gasteiger partial charge in [-0.2, -0.15) is 0 Å². The molecule has 16 heavy (non-hydrogen) atoms. The Bertz CT molecular complexity index is 402. The van der Waals surface area contributed by atoms with Crippen LogP contribution in [-0.2, 0) is 9.47 Å². The molecule has 0 aromatic carbocycles. The van der Waals surface area contributed by atoms with Crippen molar-refractivity contribution in [3.05, 3.63) is 28.1 Å². The van der Waals surface area contributed by atoms with Gasteiger partial charge in [0.2, 0.25) is 0 Å². The average molecular weight is 229 g/mol. The monoisotopic (exact) mass is 229 g/mol. The van der Waals surface area contributed by atoms with Crippen molar-refractivity contribution < 1.29 is 23.1 Å². The van der Waals surface area contributed by atoms with Crippen molar-refractivity contribution in [1.82, 2.24) is 0 Å². The fraction of sp³-hybridized carbons (Fsp3) is 0.500. The van der Waals surface area contributed by atoms with E-state index >= 15 is 0 Å². The molecule has 0 N–H and O–H groups in total. The first-order chi connectivity index (χ1) is 7.54. The minimum Gasteiger partial charge on any atom is -0.435 e. The smallest absolute Gasteiger partial charge is 0.435 e. The lowest BCUT2D eigenvalue weighted by molar-refractivity contribution is 0.0623. The molecule has 0 unspecified atom stereocenters. The Morgan fingerprint density at radius 2 is 2.00 bits per heavy atom. The van der Waals surface area contributed by atoms with Crippen LogP contribution in [0.25, 0.3) is 0 Å². The summed E-state index contributed by atoms with van der Waals surface area (Å²) in [6.45, 7) is 5.17. The van der Waals surface area contributed by atoms with E-state index in [-0.39, 0.29) is 13.2 Å². The first kappa shape index (κ1) is 12.4. The van der Waals surface area contributed by atoms with Crippen LogP contribution in [0.4, 0.5) is 4.79 Å². The molecule has 0 aliphatic heterocycles. The zero-order valence-electron chi connectivity index (χ0n) is 9.36. The highest BCUT2D eigenvalue weighted by atomic mass is 16.7. The number of hydrogen-bond donors (Lipinski definition) is 0. The zero-order valence-corrected chi connectivity index (χ0v) is 9.36. The fourth-order valence-electron chi connectivity index (χ4n) is 1.13. The van der Waals surface area contributed by atoms with Gasteiger partial charge in [-0.15, -0.1) is 0 Å². The van der Waals surface area contributed by atoms with E-state index in [1.807, 2.05) is 0 Å². The van der Waals surface area contributed by atoms with Gasteiger partial charge in [0.1, 0.15) is 12.4 Å². The molecule has 1 aromatic rings. The van der Waals surface area contributed by atoms with E-state index in [0.29, 0.717) is 17.4 Å². The third kappa shape index (κ3) is 3.15. The van der Waals surface area contributed by atoms with Crippen molar-refractivity contribution >= 4 is 6.16 Å². The topological polar surface area (TPSA) is 78.9 Å². The Kier molecular flexibility index (Phi) is 4.16.